The largest absolute Gasteiger partial charge is 0.468 e. The van der Waals surface area contributed by atoms with Gasteiger partial charge in [-0.3, -0.25) is 0 Å². The van der Waals surface area contributed by atoms with E-state index in [-0.39, 0.29) is 5.88 Å². The molecule has 0 radical (unpaired) electrons. The van der Waals surface area contributed by atoms with Crippen molar-refractivity contribution in [2.75, 3.05) is 13.2 Å². The number of aromatic nitrogens is 1. The van der Waals surface area contributed by atoms with Gasteiger partial charge in [0.2, 0.25) is 5.88 Å². The van der Waals surface area contributed by atoms with E-state index in [0.29, 0.717) is 19.6 Å². The predicted octanol–water partition coefficient (Wildman–Crippen LogP) is 3.78. The van der Waals surface area contributed by atoms with Gasteiger partial charge in [-0.1, -0.05) is 30.3 Å². The molecule has 0 N–H and O–H groups in total. The summed E-state index contributed by atoms with van der Waals surface area (Å²) in [6.07, 6.45) is -2.35. The van der Waals surface area contributed by atoms with E-state index in [9.17, 15) is 13.2 Å². The summed E-state index contributed by atoms with van der Waals surface area (Å²) in [7, 11) is 0. The van der Waals surface area contributed by atoms with E-state index >= 15 is 0 Å². The minimum absolute atomic E-state index is 0.0297. The first kappa shape index (κ1) is 16.3. The number of hydrogen-bond acceptors (Lipinski definition) is 3. The number of hydrogen-bond donors (Lipinski definition) is 0. The van der Waals surface area contributed by atoms with Crippen molar-refractivity contribution in [1.29, 1.82) is 0 Å². The molecule has 22 heavy (non-hydrogen) atoms. The van der Waals surface area contributed by atoms with Crippen LogP contribution in [0.1, 0.15) is 11.1 Å². The molecule has 118 valence electrons. The molecular formula is C16H16F3NO2. The Morgan fingerprint density at radius 2 is 1.77 bits per heavy atom. The Morgan fingerprint density at radius 3 is 2.50 bits per heavy atom. The molecule has 0 bridgehead atoms. The molecule has 1 aromatic carbocycles. The minimum atomic E-state index is -4.36. The van der Waals surface area contributed by atoms with Crippen LogP contribution in [0.3, 0.4) is 0 Å². The van der Waals surface area contributed by atoms with Crippen molar-refractivity contribution in [2.24, 2.45) is 0 Å². The summed E-state index contributed by atoms with van der Waals surface area (Å²) in [5, 5.41) is 0. The Labute approximate surface area is 126 Å². The maximum absolute atomic E-state index is 12.1. The number of halogens is 3. The number of pyridine rings is 1. The summed E-state index contributed by atoms with van der Waals surface area (Å²) >= 11 is 0. The topological polar surface area (TPSA) is 31.4 Å². The third-order valence-electron chi connectivity index (χ3n) is 2.83. The highest BCUT2D eigenvalue weighted by Gasteiger charge is 2.28. The molecule has 0 saturated carbocycles. The van der Waals surface area contributed by atoms with Crippen LogP contribution in [0.5, 0.6) is 5.88 Å². The summed E-state index contributed by atoms with van der Waals surface area (Å²) < 4.78 is 46.4. The van der Waals surface area contributed by atoms with Crippen LogP contribution in [0, 0.1) is 0 Å². The van der Waals surface area contributed by atoms with Gasteiger partial charge in [0.15, 0.2) is 6.61 Å². The molecule has 0 saturated heterocycles. The fourth-order valence-corrected chi connectivity index (χ4v) is 1.79. The molecule has 0 aliphatic carbocycles. The zero-order chi connectivity index (χ0) is 15.8. The fraction of sp³-hybridized carbons (Fsp3) is 0.312. The monoisotopic (exact) mass is 311 g/mol. The molecule has 0 amide bonds. The van der Waals surface area contributed by atoms with Gasteiger partial charge < -0.3 is 9.47 Å². The first-order chi connectivity index (χ1) is 10.5. The second kappa shape index (κ2) is 7.79. The van der Waals surface area contributed by atoms with Gasteiger partial charge in [0.05, 0.1) is 13.2 Å². The lowest BCUT2D eigenvalue weighted by atomic mass is 10.2. The Kier molecular flexibility index (Phi) is 5.77. The first-order valence-electron chi connectivity index (χ1n) is 6.79. The van der Waals surface area contributed by atoms with Crippen LogP contribution >= 0.6 is 0 Å². The lowest BCUT2D eigenvalue weighted by molar-refractivity contribution is -0.154. The van der Waals surface area contributed by atoms with E-state index in [1.807, 2.05) is 30.3 Å². The summed E-state index contributed by atoms with van der Waals surface area (Å²) in [5.74, 6) is -0.0297. The van der Waals surface area contributed by atoms with Crippen LogP contribution < -0.4 is 4.74 Å². The van der Waals surface area contributed by atoms with Gasteiger partial charge in [0, 0.05) is 12.3 Å². The van der Waals surface area contributed by atoms with Gasteiger partial charge in [-0.2, -0.15) is 13.2 Å². The zero-order valence-electron chi connectivity index (χ0n) is 11.8. The lowest BCUT2D eigenvalue weighted by Crippen LogP contribution is -2.19. The van der Waals surface area contributed by atoms with Crippen molar-refractivity contribution in [3.63, 3.8) is 0 Å². The van der Waals surface area contributed by atoms with Gasteiger partial charge in [-0.15, -0.1) is 0 Å². The van der Waals surface area contributed by atoms with Crippen molar-refractivity contribution in [3.05, 3.63) is 59.8 Å². The number of benzene rings is 1. The molecule has 0 unspecified atom stereocenters. The van der Waals surface area contributed by atoms with Crippen molar-refractivity contribution in [2.45, 2.75) is 19.2 Å². The molecule has 0 aliphatic rings. The molecule has 0 fully saturated rings. The van der Waals surface area contributed by atoms with E-state index in [0.717, 1.165) is 11.1 Å². The maximum atomic E-state index is 12.1. The Hall–Kier alpha value is -2.08. The van der Waals surface area contributed by atoms with Crippen molar-refractivity contribution in [1.82, 2.24) is 4.98 Å². The van der Waals surface area contributed by atoms with E-state index in [2.05, 4.69) is 9.72 Å². The number of nitrogens with zero attached hydrogens (tertiary/aromatic N) is 1. The highest BCUT2D eigenvalue weighted by molar-refractivity contribution is 5.20. The number of alkyl halides is 3. The predicted molar refractivity (Wildman–Crippen MR) is 75.6 cm³/mol. The van der Waals surface area contributed by atoms with Crippen LogP contribution in [-0.4, -0.2) is 24.4 Å². The van der Waals surface area contributed by atoms with Crippen LogP contribution in [0.4, 0.5) is 13.2 Å². The minimum Gasteiger partial charge on any atom is -0.468 e. The van der Waals surface area contributed by atoms with Crippen LogP contribution in [0.15, 0.2) is 48.7 Å². The zero-order valence-corrected chi connectivity index (χ0v) is 11.8. The Morgan fingerprint density at radius 1 is 1.00 bits per heavy atom. The van der Waals surface area contributed by atoms with Gasteiger partial charge >= 0.3 is 6.18 Å². The molecule has 3 nitrogen and oxygen atoms in total. The van der Waals surface area contributed by atoms with Gasteiger partial charge in [-0.05, 0) is 23.6 Å². The van der Waals surface area contributed by atoms with E-state index in [4.69, 9.17) is 4.74 Å². The quantitative estimate of drug-likeness (QED) is 0.729. The Bertz CT molecular complexity index is 573. The summed E-state index contributed by atoms with van der Waals surface area (Å²) in [6.45, 7) is -0.366. The molecule has 0 atom stereocenters. The van der Waals surface area contributed by atoms with Crippen molar-refractivity contribution < 1.29 is 22.6 Å². The average molecular weight is 311 g/mol. The second-order valence-corrected chi connectivity index (χ2v) is 4.69. The molecule has 2 aromatic rings. The van der Waals surface area contributed by atoms with E-state index < -0.39 is 12.8 Å². The smallest absolute Gasteiger partial charge is 0.422 e. The van der Waals surface area contributed by atoms with Gasteiger partial charge in [0.25, 0.3) is 0 Å². The van der Waals surface area contributed by atoms with Gasteiger partial charge in [0.1, 0.15) is 0 Å². The molecule has 1 aromatic heterocycles. The summed E-state index contributed by atoms with van der Waals surface area (Å²) in [5.41, 5.74) is 1.90. The van der Waals surface area contributed by atoms with Crippen LogP contribution in [-0.2, 0) is 17.8 Å². The second-order valence-electron chi connectivity index (χ2n) is 4.69. The van der Waals surface area contributed by atoms with Crippen LogP contribution in [0.2, 0.25) is 0 Å². The molecule has 6 heteroatoms. The molecular weight excluding hydrogens is 295 g/mol. The van der Waals surface area contributed by atoms with Crippen molar-refractivity contribution >= 4 is 0 Å². The lowest BCUT2D eigenvalue weighted by Gasteiger charge is -2.09. The van der Waals surface area contributed by atoms with Crippen LogP contribution in [0.25, 0.3) is 0 Å². The van der Waals surface area contributed by atoms with Gasteiger partial charge in [-0.25, -0.2) is 4.98 Å². The molecule has 0 aliphatic heterocycles. The van der Waals surface area contributed by atoms with E-state index in [1.54, 1.807) is 6.07 Å². The number of ether oxygens (including phenoxy) is 2. The fourth-order valence-electron chi connectivity index (χ4n) is 1.79. The highest BCUT2D eigenvalue weighted by Crippen LogP contribution is 2.17. The Balaban J connectivity index is 1.76. The summed E-state index contributed by atoms with van der Waals surface area (Å²) in [6, 6.07) is 13.0. The maximum Gasteiger partial charge on any atom is 0.422 e. The standard InChI is InChI=1S/C16H16F3NO2/c17-16(18,19)12-22-15-10-13(6-8-20-15)7-9-21-11-14-4-2-1-3-5-14/h1-6,8,10H,7,9,11-12H2. The SMILES string of the molecule is FC(F)(F)COc1cc(CCOCc2ccccc2)ccn1. The number of rotatable bonds is 7. The van der Waals surface area contributed by atoms with E-state index in [1.165, 1.54) is 12.3 Å². The molecule has 2 rings (SSSR count). The third-order valence-corrected chi connectivity index (χ3v) is 2.83. The highest BCUT2D eigenvalue weighted by atomic mass is 19.4. The normalized spacial score (nSPS) is 11.4. The summed E-state index contributed by atoms with van der Waals surface area (Å²) in [4.78, 5) is 3.76. The molecule has 0 spiro atoms. The van der Waals surface area contributed by atoms with Crippen molar-refractivity contribution in [3.8, 4) is 5.88 Å². The molecule has 1 heterocycles. The average Bonchev–Trinajstić information content (AvgIpc) is 2.50. The first-order valence-corrected chi connectivity index (χ1v) is 6.79. The third kappa shape index (κ3) is 6.13.